The first-order chi connectivity index (χ1) is 9.58. The summed E-state index contributed by atoms with van der Waals surface area (Å²) in [6.07, 6.45) is 1.02. The van der Waals surface area contributed by atoms with E-state index in [-0.39, 0.29) is 11.6 Å². The monoisotopic (exact) mass is 278 g/mol. The quantitative estimate of drug-likeness (QED) is 0.774. The molecule has 20 heavy (non-hydrogen) atoms. The van der Waals surface area contributed by atoms with E-state index in [1.165, 1.54) is 13.0 Å². The molecule has 1 fully saturated rings. The number of hydrogen-bond donors (Lipinski definition) is 0. The Morgan fingerprint density at radius 2 is 2.10 bits per heavy atom. The molecule has 0 aliphatic carbocycles. The minimum atomic E-state index is -0.294. The molecule has 3 nitrogen and oxygen atoms in total. The first-order valence-corrected chi connectivity index (χ1v) is 7.36. The fraction of sp³-hybridized carbons (Fsp3) is 0.562. The lowest BCUT2D eigenvalue weighted by atomic mass is 10.1. The van der Waals surface area contributed by atoms with Crippen LogP contribution in [0.2, 0.25) is 0 Å². The molecule has 0 spiro atoms. The molecule has 0 aromatic heterocycles. The molecule has 0 bridgehead atoms. The van der Waals surface area contributed by atoms with Gasteiger partial charge in [-0.25, -0.2) is 4.39 Å². The highest BCUT2D eigenvalue weighted by atomic mass is 19.1. The van der Waals surface area contributed by atoms with Crippen LogP contribution < -0.4 is 4.90 Å². The van der Waals surface area contributed by atoms with E-state index in [1.54, 1.807) is 12.1 Å². The molecular formula is C16H23FN2O. The van der Waals surface area contributed by atoms with Gasteiger partial charge in [-0.05, 0) is 38.6 Å². The van der Waals surface area contributed by atoms with Crippen molar-refractivity contribution >= 4 is 11.5 Å². The SMILES string of the molecule is CCN(CC)C1CCN(c2c(F)cccc2C(C)=O)C1. The second kappa shape index (κ2) is 6.35. The van der Waals surface area contributed by atoms with Crippen LogP contribution in [0.5, 0.6) is 0 Å². The Morgan fingerprint density at radius 1 is 1.40 bits per heavy atom. The third-order valence-electron chi connectivity index (χ3n) is 4.17. The Hall–Kier alpha value is -1.42. The van der Waals surface area contributed by atoms with Crippen LogP contribution in [-0.2, 0) is 0 Å². The van der Waals surface area contributed by atoms with Crippen LogP contribution in [0.15, 0.2) is 18.2 Å². The van der Waals surface area contributed by atoms with Gasteiger partial charge in [0.1, 0.15) is 5.82 Å². The van der Waals surface area contributed by atoms with Crippen LogP contribution in [0.3, 0.4) is 0 Å². The number of likely N-dealkylation sites (N-methyl/N-ethyl adjacent to an activating group) is 1. The van der Waals surface area contributed by atoms with Crippen LogP contribution in [-0.4, -0.2) is 42.9 Å². The fourth-order valence-corrected chi connectivity index (χ4v) is 3.10. The normalized spacial score (nSPS) is 18.9. The summed E-state index contributed by atoms with van der Waals surface area (Å²) in [5, 5.41) is 0. The summed E-state index contributed by atoms with van der Waals surface area (Å²) in [5.74, 6) is -0.372. The zero-order chi connectivity index (χ0) is 14.7. The molecule has 110 valence electrons. The van der Waals surface area contributed by atoms with Crippen molar-refractivity contribution in [2.45, 2.75) is 33.2 Å². The topological polar surface area (TPSA) is 23.6 Å². The van der Waals surface area contributed by atoms with E-state index in [4.69, 9.17) is 0 Å². The van der Waals surface area contributed by atoms with E-state index in [9.17, 15) is 9.18 Å². The minimum absolute atomic E-state index is 0.0780. The third-order valence-corrected chi connectivity index (χ3v) is 4.17. The molecule has 1 saturated heterocycles. The Bertz CT molecular complexity index is 485. The van der Waals surface area contributed by atoms with Crippen molar-refractivity contribution in [2.75, 3.05) is 31.1 Å². The van der Waals surface area contributed by atoms with E-state index < -0.39 is 0 Å². The molecule has 1 atom stereocenters. The van der Waals surface area contributed by atoms with Crippen LogP contribution in [0.4, 0.5) is 10.1 Å². The zero-order valence-electron chi connectivity index (χ0n) is 12.5. The fourth-order valence-electron chi connectivity index (χ4n) is 3.10. The summed E-state index contributed by atoms with van der Waals surface area (Å²) >= 11 is 0. The molecule has 0 saturated carbocycles. The number of carbonyl (C=O) groups is 1. The summed E-state index contributed by atoms with van der Waals surface area (Å²) < 4.78 is 14.1. The van der Waals surface area contributed by atoms with Crippen molar-refractivity contribution in [3.63, 3.8) is 0 Å². The lowest BCUT2D eigenvalue weighted by Crippen LogP contribution is -2.37. The van der Waals surface area contributed by atoms with Gasteiger partial charge in [0.2, 0.25) is 0 Å². The van der Waals surface area contributed by atoms with Crippen molar-refractivity contribution in [3.05, 3.63) is 29.6 Å². The van der Waals surface area contributed by atoms with Crippen molar-refractivity contribution in [3.8, 4) is 0 Å². The largest absolute Gasteiger partial charge is 0.367 e. The number of ketones is 1. The Kier molecular flexibility index (Phi) is 4.76. The number of nitrogens with zero attached hydrogens (tertiary/aromatic N) is 2. The highest BCUT2D eigenvalue weighted by molar-refractivity contribution is 5.99. The Morgan fingerprint density at radius 3 is 2.70 bits per heavy atom. The third kappa shape index (κ3) is 2.85. The Labute approximate surface area is 120 Å². The van der Waals surface area contributed by atoms with E-state index >= 15 is 0 Å². The molecule has 2 rings (SSSR count). The van der Waals surface area contributed by atoms with Crippen LogP contribution in [0.1, 0.15) is 37.6 Å². The number of benzene rings is 1. The first-order valence-electron chi connectivity index (χ1n) is 7.36. The van der Waals surface area contributed by atoms with Gasteiger partial charge in [-0.3, -0.25) is 9.69 Å². The highest BCUT2D eigenvalue weighted by Crippen LogP contribution is 2.29. The first kappa shape index (κ1) is 15.0. The average Bonchev–Trinajstić information content (AvgIpc) is 2.89. The second-order valence-corrected chi connectivity index (χ2v) is 5.30. The molecule has 1 aromatic rings. The number of Topliss-reactive ketones (excluding diaryl/α,β-unsaturated/α-hetero) is 1. The summed E-state index contributed by atoms with van der Waals surface area (Å²) in [7, 11) is 0. The second-order valence-electron chi connectivity index (χ2n) is 5.30. The molecule has 1 unspecified atom stereocenters. The van der Waals surface area contributed by atoms with Crippen molar-refractivity contribution in [1.29, 1.82) is 0 Å². The van der Waals surface area contributed by atoms with Crippen LogP contribution >= 0.6 is 0 Å². The van der Waals surface area contributed by atoms with Crippen molar-refractivity contribution in [1.82, 2.24) is 4.90 Å². The summed E-state index contributed by atoms with van der Waals surface area (Å²) in [6.45, 7) is 9.41. The average molecular weight is 278 g/mol. The maximum Gasteiger partial charge on any atom is 0.161 e. The molecule has 1 aliphatic rings. The summed E-state index contributed by atoms with van der Waals surface area (Å²) in [5.41, 5.74) is 0.972. The lowest BCUT2D eigenvalue weighted by Gasteiger charge is -2.27. The van der Waals surface area contributed by atoms with Crippen molar-refractivity contribution in [2.24, 2.45) is 0 Å². The number of hydrogen-bond acceptors (Lipinski definition) is 3. The molecule has 0 N–H and O–H groups in total. The minimum Gasteiger partial charge on any atom is -0.367 e. The van der Waals surface area contributed by atoms with Gasteiger partial charge in [0.05, 0.1) is 5.69 Å². The Balaban J connectivity index is 2.24. The zero-order valence-corrected chi connectivity index (χ0v) is 12.5. The standard InChI is InChI=1S/C16H23FN2O/c1-4-18(5-2)13-9-10-19(11-13)16-14(12(3)20)7-6-8-15(16)17/h6-8,13H,4-5,9-11H2,1-3H3. The number of anilines is 1. The van der Waals surface area contributed by atoms with Gasteiger partial charge in [0.15, 0.2) is 5.78 Å². The number of halogens is 1. The van der Waals surface area contributed by atoms with E-state index in [2.05, 4.69) is 18.7 Å². The molecule has 1 aromatic carbocycles. The number of rotatable bonds is 5. The van der Waals surface area contributed by atoms with E-state index in [0.717, 1.165) is 32.6 Å². The van der Waals surface area contributed by atoms with Gasteiger partial charge >= 0.3 is 0 Å². The van der Waals surface area contributed by atoms with Gasteiger partial charge in [0, 0.05) is 24.7 Å². The van der Waals surface area contributed by atoms with E-state index in [1.807, 2.05) is 4.90 Å². The van der Waals surface area contributed by atoms with Gasteiger partial charge < -0.3 is 4.90 Å². The molecular weight excluding hydrogens is 255 g/mol. The molecule has 1 aliphatic heterocycles. The van der Waals surface area contributed by atoms with Crippen LogP contribution in [0.25, 0.3) is 0 Å². The van der Waals surface area contributed by atoms with Gasteiger partial charge in [-0.1, -0.05) is 19.9 Å². The van der Waals surface area contributed by atoms with Gasteiger partial charge in [0.25, 0.3) is 0 Å². The van der Waals surface area contributed by atoms with E-state index in [0.29, 0.717) is 17.3 Å². The predicted molar refractivity (Wildman–Crippen MR) is 79.9 cm³/mol. The van der Waals surface area contributed by atoms with Crippen LogP contribution in [0, 0.1) is 5.82 Å². The summed E-state index contributed by atoms with van der Waals surface area (Å²) in [6, 6.07) is 5.20. The molecule has 0 amide bonds. The summed E-state index contributed by atoms with van der Waals surface area (Å²) in [4.78, 5) is 16.1. The number of para-hydroxylation sites is 1. The number of carbonyl (C=O) groups excluding carboxylic acids is 1. The molecule has 0 radical (unpaired) electrons. The van der Waals surface area contributed by atoms with Gasteiger partial charge in [-0.15, -0.1) is 0 Å². The smallest absolute Gasteiger partial charge is 0.161 e. The molecule has 1 heterocycles. The highest BCUT2D eigenvalue weighted by Gasteiger charge is 2.29. The van der Waals surface area contributed by atoms with Gasteiger partial charge in [-0.2, -0.15) is 0 Å². The lowest BCUT2D eigenvalue weighted by molar-refractivity contribution is 0.101. The molecule has 4 heteroatoms. The predicted octanol–water partition coefficient (Wildman–Crippen LogP) is 2.95. The maximum atomic E-state index is 14.1. The van der Waals surface area contributed by atoms with Crippen molar-refractivity contribution < 1.29 is 9.18 Å². The maximum absolute atomic E-state index is 14.1.